The molecule has 0 saturated carbocycles. The van der Waals surface area contributed by atoms with Crippen LogP contribution in [0.15, 0.2) is 54.9 Å². The third-order valence-corrected chi connectivity index (χ3v) is 5.36. The van der Waals surface area contributed by atoms with E-state index in [0.717, 1.165) is 39.0 Å². The van der Waals surface area contributed by atoms with Gasteiger partial charge in [-0.2, -0.15) is 0 Å². The Kier molecular flexibility index (Phi) is 5.62. The zero-order valence-corrected chi connectivity index (χ0v) is 17.9. The number of rotatable bonds is 5. The number of aryl methyl sites for hydroxylation is 3. The van der Waals surface area contributed by atoms with Gasteiger partial charge in [0.15, 0.2) is 0 Å². The highest BCUT2D eigenvalue weighted by molar-refractivity contribution is 5.94. The third-order valence-electron chi connectivity index (χ3n) is 5.36. The third kappa shape index (κ3) is 4.69. The van der Waals surface area contributed by atoms with Crippen LogP contribution in [-0.2, 0) is 13.0 Å². The maximum atomic E-state index is 12.7. The smallest absolute Gasteiger partial charge is 0.251 e. The first-order chi connectivity index (χ1) is 14.9. The van der Waals surface area contributed by atoms with Gasteiger partial charge in [0.25, 0.3) is 5.91 Å². The molecule has 31 heavy (non-hydrogen) atoms. The van der Waals surface area contributed by atoms with E-state index in [9.17, 15) is 4.79 Å². The highest BCUT2D eigenvalue weighted by Gasteiger charge is 2.11. The summed E-state index contributed by atoms with van der Waals surface area (Å²) in [4.78, 5) is 26.0. The number of aromatic nitrogens is 3. The molecule has 6 nitrogen and oxygen atoms in total. The first kappa shape index (κ1) is 20.5. The Balaban J connectivity index is 1.48. The summed E-state index contributed by atoms with van der Waals surface area (Å²) in [5, 5.41) is 4.08. The Labute approximate surface area is 181 Å². The van der Waals surface area contributed by atoms with Gasteiger partial charge in [-0.05, 0) is 73.9 Å². The normalized spacial score (nSPS) is 10.9. The summed E-state index contributed by atoms with van der Waals surface area (Å²) in [5.41, 5.74) is 13.2. The van der Waals surface area contributed by atoms with Crippen molar-refractivity contribution in [1.82, 2.24) is 20.3 Å². The van der Waals surface area contributed by atoms with Crippen LogP contribution in [0.25, 0.3) is 10.9 Å². The molecule has 0 aliphatic carbocycles. The Hall–Kier alpha value is -3.80. The van der Waals surface area contributed by atoms with Crippen molar-refractivity contribution in [2.24, 2.45) is 0 Å². The number of nitrogens with two attached hydrogens (primary N) is 1. The molecule has 1 aromatic carbocycles. The minimum absolute atomic E-state index is 0.147. The summed E-state index contributed by atoms with van der Waals surface area (Å²) in [7, 11) is 0. The molecular formula is C25H25N5O. The quantitative estimate of drug-likeness (QED) is 0.517. The monoisotopic (exact) mass is 411 g/mol. The van der Waals surface area contributed by atoms with Gasteiger partial charge in [-0.1, -0.05) is 11.6 Å². The van der Waals surface area contributed by atoms with Gasteiger partial charge >= 0.3 is 0 Å². The van der Waals surface area contributed by atoms with E-state index < -0.39 is 0 Å². The molecule has 0 radical (unpaired) electrons. The van der Waals surface area contributed by atoms with E-state index in [1.165, 1.54) is 5.56 Å². The van der Waals surface area contributed by atoms with Gasteiger partial charge in [-0.15, -0.1) is 0 Å². The fraction of sp³-hybridized carbons (Fsp3) is 0.200. The van der Waals surface area contributed by atoms with Crippen molar-refractivity contribution in [2.45, 2.75) is 33.7 Å². The lowest BCUT2D eigenvalue weighted by molar-refractivity contribution is 0.0950. The number of anilines is 1. The number of hydrogen-bond donors (Lipinski definition) is 2. The Bertz CT molecular complexity index is 1260. The lowest BCUT2D eigenvalue weighted by Gasteiger charge is -2.12. The number of nitrogens with one attached hydrogen (secondary N) is 1. The van der Waals surface area contributed by atoms with E-state index in [2.05, 4.69) is 45.4 Å². The van der Waals surface area contributed by atoms with Crippen LogP contribution in [0.5, 0.6) is 0 Å². The van der Waals surface area contributed by atoms with Crippen molar-refractivity contribution in [3.63, 3.8) is 0 Å². The van der Waals surface area contributed by atoms with Crippen LogP contribution in [0, 0.1) is 20.8 Å². The standard InChI is InChI=1S/C25H25N5O/c1-15-4-5-23-20(8-15)10-18(13-28-23)11-21-12-19(6-7-27-21)25(31)29-14-22-16(2)9-24(26)30-17(22)3/h4-10,12-13H,11,14H2,1-3H3,(H2,26,30)(H,29,31). The molecule has 0 saturated heterocycles. The summed E-state index contributed by atoms with van der Waals surface area (Å²) in [6.45, 7) is 6.33. The van der Waals surface area contributed by atoms with E-state index in [-0.39, 0.29) is 5.91 Å². The van der Waals surface area contributed by atoms with Crippen LogP contribution in [0.2, 0.25) is 0 Å². The Morgan fingerprint density at radius 1 is 1.03 bits per heavy atom. The largest absolute Gasteiger partial charge is 0.384 e. The molecule has 0 bridgehead atoms. The average molecular weight is 412 g/mol. The lowest BCUT2D eigenvalue weighted by Crippen LogP contribution is -2.24. The van der Waals surface area contributed by atoms with Crippen molar-refractivity contribution in [3.05, 3.63) is 94.1 Å². The number of amides is 1. The second kappa shape index (κ2) is 8.52. The summed E-state index contributed by atoms with van der Waals surface area (Å²) >= 11 is 0. The molecule has 0 atom stereocenters. The van der Waals surface area contributed by atoms with Crippen molar-refractivity contribution in [2.75, 3.05) is 5.73 Å². The number of fused-ring (bicyclic) bond motifs is 1. The molecule has 0 spiro atoms. The van der Waals surface area contributed by atoms with E-state index in [1.807, 2.05) is 38.2 Å². The van der Waals surface area contributed by atoms with Crippen LogP contribution in [0.4, 0.5) is 5.82 Å². The summed E-state index contributed by atoms with van der Waals surface area (Å²) in [5.74, 6) is 0.341. The fourth-order valence-corrected chi connectivity index (χ4v) is 3.74. The van der Waals surface area contributed by atoms with Crippen molar-refractivity contribution in [1.29, 1.82) is 0 Å². The molecule has 3 heterocycles. The van der Waals surface area contributed by atoms with Crippen molar-refractivity contribution in [3.8, 4) is 0 Å². The Morgan fingerprint density at radius 2 is 1.87 bits per heavy atom. The number of nitrogen functional groups attached to an aromatic ring is 1. The molecule has 0 aliphatic heterocycles. The van der Waals surface area contributed by atoms with Crippen LogP contribution in [0.3, 0.4) is 0 Å². The maximum Gasteiger partial charge on any atom is 0.251 e. The Morgan fingerprint density at radius 3 is 2.68 bits per heavy atom. The van der Waals surface area contributed by atoms with E-state index >= 15 is 0 Å². The van der Waals surface area contributed by atoms with Gasteiger partial charge in [0.1, 0.15) is 5.82 Å². The first-order valence-electron chi connectivity index (χ1n) is 10.2. The van der Waals surface area contributed by atoms with Crippen LogP contribution in [-0.4, -0.2) is 20.9 Å². The molecule has 1 amide bonds. The fourth-order valence-electron chi connectivity index (χ4n) is 3.74. The van der Waals surface area contributed by atoms with Gasteiger partial charge in [0.05, 0.1) is 5.52 Å². The molecule has 6 heteroatoms. The highest BCUT2D eigenvalue weighted by Crippen LogP contribution is 2.18. The summed E-state index contributed by atoms with van der Waals surface area (Å²) in [6, 6.07) is 13.7. The van der Waals surface area contributed by atoms with Gasteiger partial charge in [-0.3, -0.25) is 14.8 Å². The van der Waals surface area contributed by atoms with Gasteiger partial charge < -0.3 is 11.1 Å². The maximum absolute atomic E-state index is 12.7. The second-order valence-corrected chi connectivity index (χ2v) is 7.86. The van der Waals surface area contributed by atoms with Gasteiger partial charge in [-0.25, -0.2) is 4.98 Å². The molecule has 3 N–H and O–H groups in total. The van der Waals surface area contributed by atoms with Crippen molar-refractivity contribution < 1.29 is 4.79 Å². The molecule has 0 fully saturated rings. The van der Waals surface area contributed by atoms with E-state index in [1.54, 1.807) is 12.3 Å². The predicted molar refractivity (Wildman–Crippen MR) is 123 cm³/mol. The minimum Gasteiger partial charge on any atom is -0.384 e. The van der Waals surface area contributed by atoms with Gasteiger partial charge in [0, 0.05) is 47.7 Å². The minimum atomic E-state index is -0.147. The number of carbonyl (C=O) groups excluding carboxylic acids is 1. The molecule has 0 aliphatic rings. The number of benzene rings is 1. The van der Waals surface area contributed by atoms with Crippen LogP contribution in [0.1, 0.15) is 44.0 Å². The summed E-state index contributed by atoms with van der Waals surface area (Å²) in [6.07, 6.45) is 4.15. The molecular weight excluding hydrogens is 386 g/mol. The molecule has 0 unspecified atom stereocenters. The van der Waals surface area contributed by atoms with Gasteiger partial charge in [0.2, 0.25) is 0 Å². The predicted octanol–water partition coefficient (Wildman–Crippen LogP) is 4.05. The highest BCUT2D eigenvalue weighted by atomic mass is 16.1. The zero-order valence-electron chi connectivity index (χ0n) is 17.9. The molecule has 4 rings (SSSR count). The van der Waals surface area contributed by atoms with E-state index in [4.69, 9.17) is 5.73 Å². The molecule has 3 aromatic heterocycles. The number of carbonyl (C=O) groups is 1. The van der Waals surface area contributed by atoms with Crippen molar-refractivity contribution >= 4 is 22.6 Å². The SMILES string of the molecule is Cc1ccc2ncc(Cc3cc(C(=O)NCc4c(C)cc(N)nc4C)ccn3)cc2c1. The van der Waals surface area contributed by atoms with E-state index in [0.29, 0.717) is 24.3 Å². The lowest BCUT2D eigenvalue weighted by atomic mass is 10.1. The number of nitrogens with zero attached hydrogens (tertiary/aromatic N) is 3. The number of pyridine rings is 3. The first-order valence-corrected chi connectivity index (χ1v) is 10.2. The topological polar surface area (TPSA) is 93.8 Å². The summed E-state index contributed by atoms with van der Waals surface area (Å²) < 4.78 is 0. The molecule has 156 valence electrons. The van der Waals surface area contributed by atoms with Crippen LogP contribution < -0.4 is 11.1 Å². The average Bonchev–Trinajstić information content (AvgIpc) is 2.72. The number of hydrogen-bond acceptors (Lipinski definition) is 5. The second-order valence-electron chi connectivity index (χ2n) is 7.86. The molecule has 4 aromatic rings. The zero-order chi connectivity index (χ0) is 22.0. The van der Waals surface area contributed by atoms with Crippen LogP contribution >= 0.6 is 0 Å².